The van der Waals surface area contributed by atoms with Crippen LogP contribution in [-0.4, -0.2) is 39.7 Å². The molecule has 3 heterocycles. The van der Waals surface area contributed by atoms with Crippen LogP contribution in [0.1, 0.15) is 72.5 Å². The predicted molar refractivity (Wildman–Crippen MR) is 179 cm³/mol. The fourth-order valence-electron chi connectivity index (χ4n) is 6.71. The van der Waals surface area contributed by atoms with Crippen LogP contribution in [0.25, 0.3) is 22.3 Å². The highest BCUT2D eigenvalue weighted by Gasteiger charge is 2.34. The predicted octanol–water partition coefficient (Wildman–Crippen LogP) is 8.51. The molecule has 2 aliphatic heterocycles. The zero-order valence-electron chi connectivity index (χ0n) is 26.7. The van der Waals surface area contributed by atoms with Gasteiger partial charge in [-0.3, -0.25) is 9.88 Å². The van der Waals surface area contributed by atoms with E-state index in [1.54, 1.807) is 0 Å². The highest BCUT2D eigenvalue weighted by molar-refractivity contribution is 6.31. The van der Waals surface area contributed by atoms with Gasteiger partial charge in [0.2, 0.25) is 0 Å². The Kier molecular flexibility index (Phi) is 8.75. The summed E-state index contributed by atoms with van der Waals surface area (Å²) in [5, 5.41) is 11.3. The molecule has 0 fully saturated rings. The van der Waals surface area contributed by atoms with E-state index in [0.29, 0.717) is 17.9 Å². The average molecular weight is 625 g/mol. The van der Waals surface area contributed by atoms with Crippen LogP contribution in [0.2, 0.25) is 5.02 Å². The van der Waals surface area contributed by atoms with Gasteiger partial charge in [0.25, 0.3) is 0 Å². The lowest BCUT2D eigenvalue weighted by Crippen LogP contribution is -2.30. The molecule has 0 amide bonds. The molecule has 0 spiro atoms. The normalized spacial score (nSPS) is 15.6. The third-order valence-electron chi connectivity index (χ3n) is 8.70. The van der Waals surface area contributed by atoms with Crippen molar-refractivity contribution in [2.75, 3.05) is 13.2 Å². The Morgan fingerprint density at radius 2 is 1.71 bits per heavy atom. The van der Waals surface area contributed by atoms with Crippen LogP contribution in [0, 0.1) is 13.8 Å². The van der Waals surface area contributed by atoms with Crippen molar-refractivity contribution in [1.29, 1.82) is 0 Å². The van der Waals surface area contributed by atoms with Gasteiger partial charge in [0.05, 0.1) is 12.2 Å². The average Bonchev–Trinajstić information content (AvgIpc) is 3.00. The van der Waals surface area contributed by atoms with Crippen molar-refractivity contribution >= 4 is 17.6 Å². The Hall–Kier alpha value is -3.71. The molecule has 45 heavy (non-hydrogen) atoms. The Bertz CT molecular complexity index is 1760. The standard InChI is InChI=1S/C38H41ClN2O4/c1-23-33(27-12-13-29-21-41(17-16-25(29)19-27)22-30-9-6-7-11-31(30)39)35(28-14-15-32-26(20-28)10-8-18-44-32)34(24(2)40-23)36(37(42)43)45-38(3,4)5/h6-7,9,11-15,19-20,36H,8,10,16-18,21-22H2,1-5H3,(H,42,43)/t36-/m0/s1. The molecular formula is C38H41ClN2O4. The summed E-state index contributed by atoms with van der Waals surface area (Å²) in [5.74, 6) is -0.136. The van der Waals surface area contributed by atoms with Crippen molar-refractivity contribution in [2.24, 2.45) is 0 Å². The van der Waals surface area contributed by atoms with E-state index in [1.807, 2.05) is 65.0 Å². The monoisotopic (exact) mass is 624 g/mol. The molecule has 1 aromatic heterocycles. The number of aliphatic carboxylic acids is 1. The van der Waals surface area contributed by atoms with Gasteiger partial charge in [0, 0.05) is 47.2 Å². The van der Waals surface area contributed by atoms with Gasteiger partial charge in [0.1, 0.15) is 5.75 Å². The molecule has 6 rings (SSSR count). The molecule has 0 saturated heterocycles. The van der Waals surface area contributed by atoms with E-state index in [9.17, 15) is 9.90 Å². The van der Waals surface area contributed by atoms with Crippen molar-refractivity contribution in [2.45, 2.75) is 78.7 Å². The third kappa shape index (κ3) is 6.64. The summed E-state index contributed by atoms with van der Waals surface area (Å²) in [6.45, 7) is 12.8. The molecular weight excluding hydrogens is 584 g/mol. The molecule has 6 nitrogen and oxygen atoms in total. The minimum Gasteiger partial charge on any atom is -0.493 e. The molecule has 0 saturated carbocycles. The Morgan fingerprint density at radius 1 is 0.978 bits per heavy atom. The Balaban J connectivity index is 1.47. The van der Waals surface area contributed by atoms with Gasteiger partial charge in [-0.25, -0.2) is 4.79 Å². The van der Waals surface area contributed by atoms with Crippen LogP contribution in [0.5, 0.6) is 5.75 Å². The smallest absolute Gasteiger partial charge is 0.337 e. The first-order valence-electron chi connectivity index (χ1n) is 15.7. The van der Waals surface area contributed by atoms with E-state index < -0.39 is 17.7 Å². The zero-order chi connectivity index (χ0) is 31.9. The maximum absolute atomic E-state index is 12.9. The van der Waals surface area contributed by atoms with Gasteiger partial charge in [-0.1, -0.05) is 54.1 Å². The highest BCUT2D eigenvalue weighted by atomic mass is 35.5. The first-order chi connectivity index (χ1) is 21.5. The van der Waals surface area contributed by atoms with E-state index in [4.69, 9.17) is 26.1 Å². The number of pyridine rings is 1. The number of aryl methyl sites for hydroxylation is 3. The number of benzene rings is 3. The number of hydrogen-bond donors (Lipinski definition) is 1. The fourth-order valence-corrected chi connectivity index (χ4v) is 6.91. The summed E-state index contributed by atoms with van der Waals surface area (Å²) in [7, 11) is 0. The molecule has 234 valence electrons. The largest absolute Gasteiger partial charge is 0.493 e. The number of nitrogens with zero attached hydrogens (tertiary/aromatic N) is 2. The maximum atomic E-state index is 12.9. The first kappa shape index (κ1) is 31.3. The molecule has 0 bridgehead atoms. The molecule has 0 radical (unpaired) electrons. The number of rotatable bonds is 7. The van der Waals surface area contributed by atoms with Crippen molar-refractivity contribution in [3.8, 4) is 28.0 Å². The van der Waals surface area contributed by atoms with Gasteiger partial charge >= 0.3 is 5.97 Å². The molecule has 1 N–H and O–H groups in total. The number of fused-ring (bicyclic) bond motifs is 2. The van der Waals surface area contributed by atoms with Gasteiger partial charge in [-0.15, -0.1) is 0 Å². The number of carboxylic acids is 1. The van der Waals surface area contributed by atoms with Crippen LogP contribution in [0.3, 0.4) is 0 Å². The first-order valence-corrected chi connectivity index (χ1v) is 16.1. The van der Waals surface area contributed by atoms with Gasteiger partial charge < -0.3 is 14.6 Å². The molecule has 1 atom stereocenters. The number of hydrogen-bond acceptors (Lipinski definition) is 5. The molecule has 4 aromatic rings. The van der Waals surface area contributed by atoms with E-state index in [1.165, 1.54) is 11.1 Å². The second-order valence-electron chi connectivity index (χ2n) is 13.2. The molecule has 2 aliphatic rings. The van der Waals surface area contributed by atoms with E-state index in [-0.39, 0.29) is 0 Å². The van der Waals surface area contributed by atoms with Crippen molar-refractivity contribution in [3.63, 3.8) is 0 Å². The number of carbonyl (C=O) groups is 1. The topological polar surface area (TPSA) is 71.9 Å². The van der Waals surface area contributed by atoms with E-state index >= 15 is 0 Å². The van der Waals surface area contributed by atoms with Crippen molar-refractivity contribution < 1.29 is 19.4 Å². The number of aromatic nitrogens is 1. The highest BCUT2D eigenvalue weighted by Crippen LogP contribution is 2.44. The quantitative estimate of drug-likeness (QED) is 0.222. The van der Waals surface area contributed by atoms with Gasteiger partial charge in [-0.05, 0) is 111 Å². The summed E-state index contributed by atoms with van der Waals surface area (Å²) >= 11 is 6.47. The minimum atomic E-state index is -1.19. The molecule has 0 aliphatic carbocycles. The summed E-state index contributed by atoms with van der Waals surface area (Å²) in [6, 6.07) is 20.9. The molecule has 7 heteroatoms. The summed E-state index contributed by atoms with van der Waals surface area (Å²) in [5.41, 5.74) is 10.1. The molecule has 3 aromatic carbocycles. The van der Waals surface area contributed by atoms with Crippen LogP contribution in [0.4, 0.5) is 0 Å². The van der Waals surface area contributed by atoms with Gasteiger partial charge in [0.15, 0.2) is 6.10 Å². The zero-order valence-corrected chi connectivity index (χ0v) is 27.5. The lowest BCUT2D eigenvalue weighted by Gasteiger charge is -2.31. The SMILES string of the molecule is Cc1nc(C)c([C@H](OC(C)(C)C)C(=O)O)c(-c2ccc3c(c2)CCCO3)c1-c1ccc2c(c1)CCN(Cc1ccccc1Cl)C2. The Morgan fingerprint density at radius 3 is 2.47 bits per heavy atom. The summed E-state index contributed by atoms with van der Waals surface area (Å²) < 4.78 is 12.2. The number of carboxylic acid groups (broad SMARTS) is 1. The van der Waals surface area contributed by atoms with Gasteiger partial charge in [-0.2, -0.15) is 0 Å². The summed E-state index contributed by atoms with van der Waals surface area (Å²) in [4.78, 5) is 20.2. The number of halogens is 1. The van der Waals surface area contributed by atoms with Crippen LogP contribution < -0.4 is 4.74 Å². The van der Waals surface area contributed by atoms with Crippen molar-refractivity contribution in [3.05, 3.63) is 105 Å². The number of ether oxygens (including phenoxy) is 2. The van der Waals surface area contributed by atoms with Crippen LogP contribution >= 0.6 is 11.6 Å². The van der Waals surface area contributed by atoms with Crippen LogP contribution in [-0.2, 0) is 35.5 Å². The minimum absolute atomic E-state index is 0.596. The second-order valence-corrected chi connectivity index (χ2v) is 13.6. The Labute approximate surface area is 271 Å². The fraction of sp³-hybridized carbons (Fsp3) is 0.368. The van der Waals surface area contributed by atoms with E-state index in [2.05, 4.69) is 35.2 Å². The summed E-state index contributed by atoms with van der Waals surface area (Å²) in [6.07, 6.45) is 1.60. The lowest BCUT2D eigenvalue weighted by atomic mass is 9.84. The second kappa shape index (κ2) is 12.6. The van der Waals surface area contributed by atoms with Crippen molar-refractivity contribution in [1.82, 2.24) is 9.88 Å². The lowest BCUT2D eigenvalue weighted by molar-refractivity contribution is -0.160. The maximum Gasteiger partial charge on any atom is 0.337 e. The van der Waals surface area contributed by atoms with E-state index in [0.717, 1.165) is 88.7 Å². The third-order valence-corrected chi connectivity index (χ3v) is 9.07. The molecule has 0 unspecified atom stereocenters. The van der Waals surface area contributed by atoms with Crippen LogP contribution in [0.15, 0.2) is 60.7 Å².